The Kier molecular flexibility index (Phi) is 17.1. The van der Waals surface area contributed by atoms with Gasteiger partial charge in [-0.1, -0.05) is 0 Å². The Morgan fingerprint density at radius 3 is 0.917 bits per heavy atom. The lowest BCUT2D eigenvalue weighted by Crippen LogP contribution is -1.85. The minimum Gasteiger partial charge on any atom is -0.450 e. The lowest BCUT2D eigenvalue weighted by molar-refractivity contribution is 0.135. The predicted molar refractivity (Wildman–Crippen MR) is 38.7 cm³/mol. The Bertz CT molecular complexity index is 96.2. The van der Waals surface area contributed by atoms with Crippen LogP contribution in [-0.4, -0.2) is 43.9 Å². The molecule has 0 unspecified atom stereocenters. The van der Waals surface area contributed by atoms with Gasteiger partial charge in [-0.05, 0) is 13.8 Å². The van der Waals surface area contributed by atoms with Gasteiger partial charge in [0.25, 0.3) is 0 Å². The van der Waals surface area contributed by atoms with E-state index in [9.17, 15) is 0 Å². The summed E-state index contributed by atoms with van der Waals surface area (Å²) in [5.41, 5.74) is 0. The van der Waals surface area contributed by atoms with Gasteiger partial charge in [0.2, 0.25) is 0 Å². The number of hydrogen-bond acceptors (Lipinski definition) is 3. The molecule has 0 atom stereocenters. The molecule has 0 aromatic rings. The monoisotopic (exact) mass is 184 g/mol. The zero-order chi connectivity index (χ0) is 10.7. The molecule has 12 heavy (non-hydrogen) atoms. The molecule has 0 aliphatic rings. The van der Waals surface area contributed by atoms with Gasteiger partial charge in [0.1, 0.15) is 0 Å². The summed E-state index contributed by atoms with van der Waals surface area (Å²) >= 11 is 0. The van der Waals surface area contributed by atoms with Crippen LogP contribution in [0.1, 0.15) is 13.8 Å². The van der Waals surface area contributed by atoms with Crippen molar-refractivity contribution < 1.29 is 35.1 Å². The summed E-state index contributed by atoms with van der Waals surface area (Å²) in [6.45, 7) is 3.44. The SMILES string of the molecule is CC(C)O.O=C(O)O.O=C(O)O. The summed E-state index contributed by atoms with van der Waals surface area (Å²) in [5.74, 6) is 0. The smallest absolute Gasteiger partial charge is 0.450 e. The van der Waals surface area contributed by atoms with Gasteiger partial charge < -0.3 is 25.5 Å². The first kappa shape index (κ1) is 16.8. The third-order valence-corrected chi connectivity index (χ3v) is 0. The summed E-state index contributed by atoms with van der Waals surface area (Å²) in [5, 5.41) is 35.9. The molecule has 0 heterocycles. The highest BCUT2D eigenvalue weighted by atomic mass is 16.6. The van der Waals surface area contributed by atoms with Crippen LogP contribution in [0.3, 0.4) is 0 Å². The van der Waals surface area contributed by atoms with Crippen LogP contribution in [0, 0.1) is 0 Å². The molecular formula is C5H12O7. The molecule has 0 aliphatic heterocycles. The van der Waals surface area contributed by atoms with Gasteiger partial charge in [0.05, 0.1) is 0 Å². The van der Waals surface area contributed by atoms with Crippen molar-refractivity contribution in [2.24, 2.45) is 0 Å². The molecule has 5 N–H and O–H groups in total. The van der Waals surface area contributed by atoms with Crippen LogP contribution in [0.2, 0.25) is 0 Å². The molecule has 0 aromatic heterocycles. The van der Waals surface area contributed by atoms with Crippen molar-refractivity contribution in [1.82, 2.24) is 0 Å². The predicted octanol–water partition coefficient (Wildman–Crippen LogP) is 0.832. The molecule has 0 bridgehead atoms. The van der Waals surface area contributed by atoms with Crippen molar-refractivity contribution >= 4 is 12.3 Å². The van der Waals surface area contributed by atoms with E-state index >= 15 is 0 Å². The maximum Gasteiger partial charge on any atom is 0.503 e. The van der Waals surface area contributed by atoms with Crippen LogP contribution < -0.4 is 0 Å². The van der Waals surface area contributed by atoms with Crippen LogP contribution in [0.5, 0.6) is 0 Å². The number of aliphatic hydroxyl groups is 1. The molecule has 0 fully saturated rings. The van der Waals surface area contributed by atoms with E-state index in [1.54, 1.807) is 13.8 Å². The third-order valence-electron chi connectivity index (χ3n) is 0. The quantitative estimate of drug-likeness (QED) is 0.376. The minimum atomic E-state index is -1.83. The molecule has 0 radical (unpaired) electrons. The van der Waals surface area contributed by atoms with Gasteiger partial charge in [-0.15, -0.1) is 0 Å². The zero-order valence-electron chi connectivity index (χ0n) is 6.63. The fraction of sp³-hybridized carbons (Fsp3) is 0.600. The molecule has 74 valence electrons. The highest BCUT2D eigenvalue weighted by Gasteiger charge is 1.70. The second-order valence-electron chi connectivity index (χ2n) is 1.66. The maximum atomic E-state index is 8.56. The molecular weight excluding hydrogens is 172 g/mol. The molecule has 0 saturated carbocycles. The van der Waals surface area contributed by atoms with E-state index in [1.165, 1.54) is 0 Å². The van der Waals surface area contributed by atoms with Gasteiger partial charge in [-0.25, -0.2) is 9.59 Å². The standard InChI is InChI=1S/C3H8O.2CH2O3/c1-3(2)4;2*2-1(3)4/h3-4H,1-2H3;2*(H2,2,3,4). The molecule has 7 nitrogen and oxygen atoms in total. The van der Waals surface area contributed by atoms with E-state index in [0.717, 1.165) is 0 Å². The Morgan fingerprint density at radius 2 is 0.917 bits per heavy atom. The summed E-state index contributed by atoms with van der Waals surface area (Å²) in [7, 11) is 0. The molecule has 0 saturated heterocycles. The zero-order valence-corrected chi connectivity index (χ0v) is 6.63. The lowest BCUT2D eigenvalue weighted by atomic mass is 10.5. The van der Waals surface area contributed by atoms with E-state index in [-0.39, 0.29) is 6.10 Å². The minimum absolute atomic E-state index is 0.167. The summed E-state index contributed by atoms with van der Waals surface area (Å²) in [6.07, 6.45) is -3.83. The number of aliphatic hydroxyl groups excluding tert-OH is 1. The average molecular weight is 184 g/mol. The van der Waals surface area contributed by atoms with Crippen LogP contribution in [0.15, 0.2) is 0 Å². The van der Waals surface area contributed by atoms with Crippen molar-refractivity contribution in [2.75, 3.05) is 0 Å². The Balaban J connectivity index is -0.000000101. The Hall–Kier alpha value is -1.50. The van der Waals surface area contributed by atoms with Crippen molar-refractivity contribution in [1.29, 1.82) is 0 Å². The first-order valence-corrected chi connectivity index (χ1v) is 2.72. The largest absolute Gasteiger partial charge is 0.503 e. The van der Waals surface area contributed by atoms with E-state index in [1.807, 2.05) is 0 Å². The Morgan fingerprint density at radius 1 is 0.917 bits per heavy atom. The normalized spacial score (nSPS) is 7.00. The number of carbonyl (C=O) groups is 2. The molecule has 0 aliphatic carbocycles. The van der Waals surface area contributed by atoms with Gasteiger partial charge in [0, 0.05) is 6.10 Å². The maximum absolute atomic E-state index is 8.56. The molecule has 0 spiro atoms. The molecule has 0 rings (SSSR count). The first-order valence-electron chi connectivity index (χ1n) is 2.72. The van der Waals surface area contributed by atoms with Crippen molar-refractivity contribution in [2.45, 2.75) is 20.0 Å². The van der Waals surface area contributed by atoms with Gasteiger partial charge >= 0.3 is 12.3 Å². The first-order chi connectivity index (χ1) is 5.20. The second-order valence-corrected chi connectivity index (χ2v) is 1.66. The fourth-order valence-corrected chi connectivity index (χ4v) is 0. The van der Waals surface area contributed by atoms with Crippen molar-refractivity contribution in [3.63, 3.8) is 0 Å². The molecule has 0 aromatic carbocycles. The van der Waals surface area contributed by atoms with Gasteiger partial charge in [0.15, 0.2) is 0 Å². The fourth-order valence-electron chi connectivity index (χ4n) is 0. The van der Waals surface area contributed by atoms with Crippen LogP contribution >= 0.6 is 0 Å². The highest BCUT2D eigenvalue weighted by Crippen LogP contribution is 1.65. The van der Waals surface area contributed by atoms with E-state index < -0.39 is 12.3 Å². The highest BCUT2D eigenvalue weighted by molar-refractivity contribution is 5.53. The van der Waals surface area contributed by atoms with E-state index in [0.29, 0.717) is 0 Å². The van der Waals surface area contributed by atoms with Crippen molar-refractivity contribution in [3.05, 3.63) is 0 Å². The van der Waals surface area contributed by atoms with Crippen LogP contribution in [0.25, 0.3) is 0 Å². The van der Waals surface area contributed by atoms with E-state index in [2.05, 4.69) is 0 Å². The summed E-state index contributed by atoms with van der Waals surface area (Å²) < 4.78 is 0. The van der Waals surface area contributed by atoms with Crippen LogP contribution in [-0.2, 0) is 0 Å². The topological polar surface area (TPSA) is 135 Å². The molecule has 0 amide bonds. The lowest BCUT2D eigenvalue weighted by Gasteiger charge is -1.80. The summed E-state index contributed by atoms with van der Waals surface area (Å²) in [6, 6.07) is 0. The number of hydrogen-bond donors (Lipinski definition) is 5. The van der Waals surface area contributed by atoms with Crippen molar-refractivity contribution in [3.8, 4) is 0 Å². The van der Waals surface area contributed by atoms with Gasteiger partial charge in [-0.3, -0.25) is 0 Å². The third kappa shape index (κ3) is 212. The molecule has 7 heteroatoms. The van der Waals surface area contributed by atoms with E-state index in [4.69, 9.17) is 35.1 Å². The summed E-state index contributed by atoms with van der Waals surface area (Å²) in [4.78, 5) is 17.1. The van der Waals surface area contributed by atoms with Crippen LogP contribution in [0.4, 0.5) is 9.59 Å². The second kappa shape index (κ2) is 12.2. The number of carboxylic acid groups (broad SMARTS) is 4. The number of rotatable bonds is 0. The Labute approximate surface area is 68.5 Å². The average Bonchev–Trinajstić information content (AvgIpc) is 1.54. The van der Waals surface area contributed by atoms with Gasteiger partial charge in [-0.2, -0.15) is 0 Å².